The highest BCUT2D eigenvalue weighted by atomic mass is 16.5. The molecule has 5 atom stereocenters. The minimum atomic E-state index is -1.10. The molecular formula is C30H44O4. The van der Waals surface area contributed by atoms with E-state index < -0.39 is 16.2 Å². The monoisotopic (exact) mass is 468 g/mol. The molecule has 4 bridgehead atoms. The summed E-state index contributed by atoms with van der Waals surface area (Å²) in [6, 6.07) is 0. The van der Waals surface area contributed by atoms with Crippen LogP contribution < -0.4 is 0 Å². The van der Waals surface area contributed by atoms with Crippen molar-refractivity contribution in [2.45, 2.75) is 94.4 Å². The Bertz CT molecular complexity index is 929. The number of esters is 1. The molecule has 4 rings (SSSR count). The van der Waals surface area contributed by atoms with Gasteiger partial charge < -0.3 is 4.74 Å². The topological polar surface area (TPSA) is 60.4 Å². The van der Waals surface area contributed by atoms with Gasteiger partial charge in [-0.1, -0.05) is 67.5 Å². The van der Waals surface area contributed by atoms with Crippen LogP contribution in [0.3, 0.4) is 0 Å². The second-order valence-corrected chi connectivity index (χ2v) is 13.5. The average molecular weight is 469 g/mol. The van der Waals surface area contributed by atoms with Crippen molar-refractivity contribution in [3.63, 3.8) is 0 Å². The van der Waals surface area contributed by atoms with Gasteiger partial charge in [0.05, 0.1) is 6.61 Å². The Kier molecular flexibility index (Phi) is 5.71. The van der Waals surface area contributed by atoms with E-state index in [-0.39, 0.29) is 52.7 Å². The Balaban J connectivity index is 1.92. The second-order valence-electron chi connectivity index (χ2n) is 13.5. The lowest BCUT2D eigenvalue weighted by atomic mass is 9.70. The molecule has 0 spiro atoms. The van der Waals surface area contributed by atoms with Crippen LogP contribution in [-0.2, 0) is 19.1 Å². The summed E-state index contributed by atoms with van der Waals surface area (Å²) in [7, 11) is 0. The Morgan fingerprint density at radius 3 is 1.62 bits per heavy atom. The molecule has 0 amide bonds. The third-order valence-electron chi connectivity index (χ3n) is 11.0. The number of ketones is 2. The molecule has 0 aromatic rings. The predicted octanol–water partition coefficient (Wildman–Crippen LogP) is 6.49. The van der Waals surface area contributed by atoms with Crippen LogP contribution in [0, 0.1) is 44.8 Å². The zero-order chi connectivity index (χ0) is 25.5. The fourth-order valence-corrected chi connectivity index (χ4v) is 8.04. The standard InChI is InChI=1S/C30H44O4/c1-10-34-25(33)30(15-18(2)3,16-19-21-11-13-28(8,23(19)31)26(21,4)5)17-20-22-12-14-29(9,24(20)32)27(22,6)7/h16-18,21-22H,10-15H2,1-9H3/b19-16-,20-17-/t21-,22+,28-,29-,30?/m1/s1. The van der Waals surface area contributed by atoms with Crippen molar-refractivity contribution in [1.29, 1.82) is 0 Å². The highest BCUT2D eigenvalue weighted by Gasteiger charge is 2.66. The lowest BCUT2D eigenvalue weighted by molar-refractivity contribution is -0.150. The van der Waals surface area contributed by atoms with Gasteiger partial charge in [-0.2, -0.15) is 0 Å². The number of ether oxygens (including phenoxy) is 1. The first-order chi connectivity index (χ1) is 15.6. The zero-order valence-corrected chi connectivity index (χ0v) is 22.8. The molecule has 0 aromatic heterocycles. The maximum atomic E-state index is 13.8. The predicted molar refractivity (Wildman–Crippen MR) is 134 cm³/mol. The molecule has 0 radical (unpaired) electrons. The van der Waals surface area contributed by atoms with E-state index >= 15 is 0 Å². The van der Waals surface area contributed by atoms with Crippen molar-refractivity contribution in [2.75, 3.05) is 6.61 Å². The molecule has 1 unspecified atom stereocenters. The Labute approximate surface area is 206 Å². The van der Waals surface area contributed by atoms with Crippen LogP contribution >= 0.6 is 0 Å². The van der Waals surface area contributed by atoms with Crippen LogP contribution in [0.5, 0.6) is 0 Å². The van der Waals surface area contributed by atoms with E-state index in [1.54, 1.807) is 0 Å². The van der Waals surface area contributed by atoms with Gasteiger partial charge in [0, 0.05) is 10.8 Å². The minimum absolute atomic E-state index is 0.133. The van der Waals surface area contributed by atoms with Gasteiger partial charge in [0.1, 0.15) is 5.41 Å². The summed E-state index contributed by atoms with van der Waals surface area (Å²) in [6.07, 6.45) is 8.14. The summed E-state index contributed by atoms with van der Waals surface area (Å²) < 4.78 is 5.66. The van der Waals surface area contributed by atoms with Crippen LogP contribution in [0.2, 0.25) is 0 Å². The number of carbonyl (C=O) groups is 3. The number of Topliss-reactive ketones (excluding diaryl/α,β-unsaturated/α-hetero) is 2. The molecule has 34 heavy (non-hydrogen) atoms. The van der Waals surface area contributed by atoms with E-state index in [2.05, 4.69) is 55.4 Å². The molecule has 0 saturated heterocycles. The van der Waals surface area contributed by atoms with E-state index in [0.29, 0.717) is 6.42 Å². The lowest BCUT2D eigenvalue weighted by Crippen LogP contribution is -2.35. The average Bonchev–Trinajstić information content (AvgIpc) is 3.21. The zero-order valence-electron chi connectivity index (χ0n) is 22.8. The van der Waals surface area contributed by atoms with Crippen molar-refractivity contribution in [3.8, 4) is 0 Å². The Hall–Kier alpha value is -1.71. The van der Waals surface area contributed by atoms with Crippen molar-refractivity contribution >= 4 is 17.5 Å². The maximum absolute atomic E-state index is 13.8. The quantitative estimate of drug-likeness (QED) is 0.330. The van der Waals surface area contributed by atoms with Gasteiger partial charge in [-0.3, -0.25) is 14.4 Å². The number of fused-ring (bicyclic) bond motifs is 4. The highest BCUT2D eigenvalue weighted by molar-refractivity contribution is 6.07. The Morgan fingerprint density at radius 2 is 1.32 bits per heavy atom. The molecule has 0 heterocycles. The summed E-state index contributed by atoms with van der Waals surface area (Å²) in [5, 5.41) is 0. The van der Waals surface area contributed by atoms with E-state index in [9.17, 15) is 14.4 Å². The van der Waals surface area contributed by atoms with Crippen LogP contribution in [0.4, 0.5) is 0 Å². The molecule has 4 saturated carbocycles. The van der Waals surface area contributed by atoms with Gasteiger partial charge in [-0.05, 0) is 78.8 Å². The molecule has 4 nitrogen and oxygen atoms in total. The van der Waals surface area contributed by atoms with E-state index in [1.807, 2.05) is 19.1 Å². The number of hydrogen-bond donors (Lipinski definition) is 0. The molecule has 188 valence electrons. The Morgan fingerprint density at radius 1 is 0.912 bits per heavy atom. The fraction of sp³-hybridized carbons (Fsp3) is 0.767. The summed E-state index contributed by atoms with van der Waals surface area (Å²) >= 11 is 0. The van der Waals surface area contributed by atoms with Gasteiger partial charge in [0.2, 0.25) is 0 Å². The molecular weight excluding hydrogens is 424 g/mol. The van der Waals surface area contributed by atoms with Crippen molar-refractivity contribution in [2.24, 2.45) is 44.8 Å². The summed E-state index contributed by atoms with van der Waals surface area (Å²) in [4.78, 5) is 41.2. The van der Waals surface area contributed by atoms with Crippen molar-refractivity contribution in [3.05, 3.63) is 23.3 Å². The summed E-state index contributed by atoms with van der Waals surface area (Å²) in [5.74, 6) is 0.476. The molecule has 0 aliphatic heterocycles. The van der Waals surface area contributed by atoms with Gasteiger partial charge >= 0.3 is 5.97 Å². The first kappa shape index (κ1) is 25.4. The fourth-order valence-electron chi connectivity index (χ4n) is 8.04. The van der Waals surface area contributed by atoms with Gasteiger partial charge in [0.25, 0.3) is 0 Å². The smallest absolute Gasteiger partial charge is 0.319 e. The van der Waals surface area contributed by atoms with E-state index in [1.165, 1.54) is 0 Å². The number of hydrogen-bond acceptors (Lipinski definition) is 4. The molecule has 4 aliphatic rings. The third kappa shape index (κ3) is 3.05. The molecule has 0 aromatic carbocycles. The number of carbonyl (C=O) groups excluding carboxylic acids is 3. The first-order valence-corrected chi connectivity index (χ1v) is 13.3. The molecule has 4 heteroatoms. The lowest BCUT2D eigenvalue weighted by Gasteiger charge is -2.31. The summed E-state index contributed by atoms with van der Waals surface area (Å²) in [6.45, 7) is 19.2. The van der Waals surface area contributed by atoms with Gasteiger partial charge in [-0.15, -0.1) is 0 Å². The van der Waals surface area contributed by atoms with Crippen LogP contribution in [0.1, 0.15) is 94.4 Å². The molecule has 4 fully saturated rings. The number of rotatable bonds is 6. The van der Waals surface area contributed by atoms with Gasteiger partial charge in [0.15, 0.2) is 11.6 Å². The van der Waals surface area contributed by atoms with Gasteiger partial charge in [-0.25, -0.2) is 0 Å². The van der Waals surface area contributed by atoms with Crippen LogP contribution in [0.15, 0.2) is 23.3 Å². The van der Waals surface area contributed by atoms with Crippen molar-refractivity contribution < 1.29 is 19.1 Å². The normalized spacial score (nSPS) is 39.5. The third-order valence-corrected chi connectivity index (χ3v) is 11.0. The summed E-state index contributed by atoms with van der Waals surface area (Å²) in [5.41, 5.74) is -0.610. The van der Waals surface area contributed by atoms with E-state index in [0.717, 1.165) is 36.8 Å². The minimum Gasteiger partial charge on any atom is -0.465 e. The van der Waals surface area contributed by atoms with Crippen LogP contribution in [-0.4, -0.2) is 24.1 Å². The number of allylic oxidation sites excluding steroid dienone is 2. The maximum Gasteiger partial charge on any atom is 0.319 e. The second kappa shape index (κ2) is 7.64. The van der Waals surface area contributed by atoms with E-state index in [4.69, 9.17) is 4.74 Å². The first-order valence-electron chi connectivity index (χ1n) is 13.3. The highest BCUT2D eigenvalue weighted by Crippen LogP contribution is 2.67. The SMILES string of the molecule is CCOC(=O)C(/C=C1\C(=O)[C@@]2(C)CC[C@H]1C2(C)C)(/C=C1\C(=O)[C@@]2(C)CC[C@@H]1C2(C)C)CC(C)C. The molecule has 0 N–H and O–H groups in total. The molecule has 4 aliphatic carbocycles. The largest absolute Gasteiger partial charge is 0.465 e. The van der Waals surface area contributed by atoms with Crippen LogP contribution in [0.25, 0.3) is 0 Å². The van der Waals surface area contributed by atoms with Crippen molar-refractivity contribution in [1.82, 2.24) is 0 Å².